The van der Waals surface area contributed by atoms with Gasteiger partial charge in [-0.25, -0.2) is 9.97 Å². The molecule has 1 aromatic carbocycles. The highest BCUT2D eigenvalue weighted by Gasteiger charge is 2.15. The van der Waals surface area contributed by atoms with Gasteiger partial charge in [-0.05, 0) is 41.0 Å². The second-order valence-corrected chi connectivity index (χ2v) is 6.75. The monoisotopic (exact) mass is 374 g/mol. The van der Waals surface area contributed by atoms with Crippen molar-refractivity contribution in [2.75, 3.05) is 36.8 Å². The fraction of sp³-hybridized carbons (Fsp3) is 0.238. The standard InChI is InChI=1S/C21H22N6O/c22-18-2-1-16(15-3-5-23-6-4-15)11-17(18)12-20(28)19-13-26-21(14-25-19)27-9-7-24-8-10-27/h1-6,11,13-14,24H,7-10,12,22H2. The van der Waals surface area contributed by atoms with Gasteiger partial charge in [0.05, 0.1) is 12.4 Å². The normalized spacial score (nSPS) is 14.1. The number of nitrogens with zero attached hydrogens (tertiary/aromatic N) is 4. The van der Waals surface area contributed by atoms with Crippen LogP contribution in [-0.4, -0.2) is 46.9 Å². The Morgan fingerprint density at radius 3 is 2.54 bits per heavy atom. The molecule has 3 N–H and O–H groups in total. The molecule has 1 aliphatic heterocycles. The molecule has 7 nitrogen and oxygen atoms in total. The van der Waals surface area contributed by atoms with Crippen LogP contribution in [0.25, 0.3) is 11.1 Å². The minimum atomic E-state index is -0.0991. The first-order valence-corrected chi connectivity index (χ1v) is 9.30. The fourth-order valence-corrected chi connectivity index (χ4v) is 3.27. The maximum atomic E-state index is 12.7. The minimum Gasteiger partial charge on any atom is -0.398 e. The highest BCUT2D eigenvalue weighted by atomic mass is 16.1. The Hall–Kier alpha value is -3.32. The molecule has 4 rings (SSSR count). The molecule has 2 aromatic heterocycles. The number of nitrogens with one attached hydrogen (secondary N) is 1. The lowest BCUT2D eigenvalue weighted by molar-refractivity contribution is 0.0988. The van der Waals surface area contributed by atoms with E-state index >= 15 is 0 Å². The van der Waals surface area contributed by atoms with Gasteiger partial charge >= 0.3 is 0 Å². The molecule has 0 radical (unpaired) electrons. The summed E-state index contributed by atoms with van der Waals surface area (Å²) in [5.74, 6) is 0.704. The van der Waals surface area contributed by atoms with Crippen molar-refractivity contribution in [3.05, 3.63) is 66.4 Å². The lowest BCUT2D eigenvalue weighted by atomic mass is 9.99. The summed E-state index contributed by atoms with van der Waals surface area (Å²) in [7, 11) is 0. The van der Waals surface area contributed by atoms with Gasteiger partial charge in [-0.2, -0.15) is 0 Å². The molecule has 3 heterocycles. The topological polar surface area (TPSA) is 97.0 Å². The lowest BCUT2D eigenvalue weighted by Gasteiger charge is -2.27. The van der Waals surface area contributed by atoms with E-state index in [0.717, 1.165) is 48.7 Å². The third kappa shape index (κ3) is 3.99. The van der Waals surface area contributed by atoms with E-state index in [9.17, 15) is 4.79 Å². The second-order valence-electron chi connectivity index (χ2n) is 6.75. The molecule has 0 aliphatic carbocycles. The molecule has 7 heteroatoms. The molecule has 0 amide bonds. The van der Waals surface area contributed by atoms with Gasteiger partial charge in [-0.1, -0.05) is 6.07 Å². The van der Waals surface area contributed by atoms with E-state index in [2.05, 4.69) is 25.2 Å². The van der Waals surface area contributed by atoms with Crippen molar-refractivity contribution >= 4 is 17.3 Å². The Bertz CT molecular complexity index is 952. The van der Waals surface area contributed by atoms with Crippen molar-refractivity contribution in [1.82, 2.24) is 20.3 Å². The molecule has 1 saturated heterocycles. The van der Waals surface area contributed by atoms with Crippen LogP contribution in [0.3, 0.4) is 0 Å². The SMILES string of the molecule is Nc1ccc(-c2ccncc2)cc1CC(=O)c1cnc(N2CCNCC2)cn1. The molecule has 0 bridgehead atoms. The number of rotatable bonds is 5. The van der Waals surface area contributed by atoms with Gasteiger partial charge in [-0.15, -0.1) is 0 Å². The number of carbonyl (C=O) groups is 1. The minimum absolute atomic E-state index is 0.0991. The Morgan fingerprint density at radius 1 is 1.04 bits per heavy atom. The van der Waals surface area contributed by atoms with Gasteiger partial charge in [-0.3, -0.25) is 9.78 Å². The number of hydrogen-bond acceptors (Lipinski definition) is 7. The summed E-state index contributed by atoms with van der Waals surface area (Å²) in [6.45, 7) is 3.63. The smallest absolute Gasteiger partial charge is 0.187 e. The van der Waals surface area contributed by atoms with Crippen LogP contribution < -0.4 is 16.0 Å². The van der Waals surface area contributed by atoms with Gasteiger partial charge in [0.25, 0.3) is 0 Å². The van der Waals surface area contributed by atoms with Crippen LogP contribution in [0.4, 0.5) is 11.5 Å². The largest absolute Gasteiger partial charge is 0.398 e. The van der Waals surface area contributed by atoms with Gasteiger partial charge in [0, 0.05) is 50.7 Å². The molecular weight excluding hydrogens is 352 g/mol. The first kappa shape index (κ1) is 18.1. The van der Waals surface area contributed by atoms with Crippen LogP contribution in [0.15, 0.2) is 55.1 Å². The van der Waals surface area contributed by atoms with Crippen LogP contribution in [-0.2, 0) is 6.42 Å². The van der Waals surface area contributed by atoms with Crippen molar-refractivity contribution in [1.29, 1.82) is 0 Å². The van der Waals surface area contributed by atoms with Crippen LogP contribution in [0.1, 0.15) is 16.1 Å². The van der Waals surface area contributed by atoms with E-state index in [0.29, 0.717) is 11.4 Å². The summed E-state index contributed by atoms with van der Waals surface area (Å²) in [6, 6.07) is 9.58. The van der Waals surface area contributed by atoms with Crippen molar-refractivity contribution in [3.63, 3.8) is 0 Å². The Morgan fingerprint density at radius 2 is 1.82 bits per heavy atom. The number of hydrogen-bond donors (Lipinski definition) is 2. The highest BCUT2D eigenvalue weighted by molar-refractivity contribution is 5.96. The number of Topliss-reactive ketones (excluding diaryl/α,β-unsaturated/α-hetero) is 1. The van der Waals surface area contributed by atoms with Crippen molar-refractivity contribution in [3.8, 4) is 11.1 Å². The zero-order chi connectivity index (χ0) is 19.3. The predicted octanol–water partition coefficient (Wildman–Crippen LogP) is 1.96. The molecule has 3 aromatic rings. The van der Waals surface area contributed by atoms with E-state index in [1.54, 1.807) is 24.8 Å². The first-order chi connectivity index (χ1) is 13.7. The Kier molecular flexibility index (Phi) is 5.25. The van der Waals surface area contributed by atoms with E-state index < -0.39 is 0 Å². The van der Waals surface area contributed by atoms with E-state index in [1.165, 1.54) is 0 Å². The number of ketones is 1. The zero-order valence-corrected chi connectivity index (χ0v) is 15.5. The number of nitrogen functional groups attached to an aromatic ring is 1. The highest BCUT2D eigenvalue weighted by Crippen LogP contribution is 2.24. The summed E-state index contributed by atoms with van der Waals surface area (Å²) in [5, 5.41) is 3.30. The number of carbonyl (C=O) groups excluding carboxylic acids is 1. The van der Waals surface area contributed by atoms with Crippen molar-refractivity contribution in [2.24, 2.45) is 0 Å². The zero-order valence-electron chi connectivity index (χ0n) is 15.5. The fourth-order valence-electron chi connectivity index (χ4n) is 3.27. The van der Waals surface area contributed by atoms with Crippen LogP contribution >= 0.6 is 0 Å². The number of piperazine rings is 1. The van der Waals surface area contributed by atoms with Crippen molar-refractivity contribution in [2.45, 2.75) is 6.42 Å². The number of benzene rings is 1. The van der Waals surface area contributed by atoms with E-state index in [-0.39, 0.29) is 12.2 Å². The second kappa shape index (κ2) is 8.14. The van der Waals surface area contributed by atoms with Gasteiger partial charge < -0.3 is 16.0 Å². The van der Waals surface area contributed by atoms with Gasteiger partial charge in [0.1, 0.15) is 11.5 Å². The Balaban J connectivity index is 1.50. The average Bonchev–Trinajstić information content (AvgIpc) is 2.76. The molecule has 28 heavy (non-hydrogen) atoms. The predicted molar refractivity (Wildman–Crippen MR) is 109 cm³/mol. The molecule has 142 valence electrons. The van der Waals surface area contributed by atoms with Crippen molar-refractivity contribution < 1.29 is 4.79 Å². The number of nitrogens with two attached hydrogens (primary N) is 1. The summed E-state index contributed by atoms with van der Waals surface area (Å²) in [4.78, 5) is 27.7. The summed E-state index contributed by atoms with van der Waals surface area (Å²) in [6.07, 6.45) is 6.91. The third-order valence-corrected chi connectivity index (χ3v) is 4.87. The number of aromatic nitrogens is 3. The number of pyridine rings is 1. The van der Waals surface area contributed by atoms with Gasteiger partial charge in [0.15, 0.2) is 5.78 Å². The molecule has 0 saturated carbocycles. The first-order valence-electron chi connectivity index (χ1n) is 9.30. The average molecular weight is 374 g/mol. The van der Waals surface area contributed by atoms with Gasteiger partial charge in [0.2, 0.25) is 0 Å². The summed E-state index contributed by atoms with van der Waals surface area (Å²) >= 11 is 0. The lowest BCUT2D eigenvalue weighted by Crippen LogP contribution is -2.43. The van der Waals surface area contributed by atoms with Crippen LogP contribution in [0, 0.1) is 0 Å². The number of anilines is 2. The molecule has 0 unspecified atom stereocenters. The molecule has 0 spiro atoms. The Labute approximate surface area is 163 Å². The molecule has 1 aliphatic rings. The summed E-state index contributed by atoms with van der Waals surface area (Å²) in [5.41, 5.74) is 9.87. The van der Waals surface area contributed by atoms with Crippen LogP contribution in [0.2, 0.25) is 0 Å². The van der Waals surface area contributed by atoms with Crippen LogP contribution in [0.5, 0.6) is 0 Å². The maximum absolute atomic E-state index is 12.7. The molecule has 1 fully saturated rings. The summed E-state index contributed by atoms with van der Waals surface area (Å²) < 4.78 is 0. The molecular formula is C21H22N6O. The third-order valence-electron chi connectivity index (χ3n) is 4.87. The van der Waals surface area contributed by atoms with E-state index in [1.807, 2.05) is 30.3 Å². The van der Waals surface area contributed by atoms with E-state index in [4.69, 9.17) is 5.73 Å². The maximum Gasteiger partial charge on any atom is 0.187 e. The quantitative estimate of drug-likeness (QED) is 0.520. The molecule has 0 atom stereocenters.